The molecule has 0 fully saturated rings. The highest BCUT2D eigenvalue weighted by Gasteiger charge is 2.19. The standard InChI is InChI=1S/C76H134O6/c1-4-7-10-13-16-19-22-25-28-30-31-32-33-34-35-36-37-38-39-40-41-42-43-44-45-46-49-51-54-57-60-63-66-69-75(78)81-72-73(71-80-74(77)68-65-62-59-56-53-50-47-27-24-21-18-15-12-9-6-3)82-76(79)70-67-64-61-58-55-52-48-29-26-23-20-17-14-11-8-5-2/h9,12,18,21-22,25,27,30-31,47,53,56,62,65,73H,4-8,10-11,13-17,19-20,23-24,26,28-29,32-46,48-52,54-55,57-61,63-64,66-72H2,1-3H3/b12-9-,21-18-,25-22-,31-30-,47-27-,56-53-,65-62-. The molecule has 1 atom stereocenters. The van der Waals surface area contributed by atoms with Gasteiger partial charge in [0.25, 0.3) is 0 Å². The fourth-order valence-corrected chi connectivity index (χ4v) is 10.4. The molecule has 0 aromatic heterocycles. The molecule has 0 spiro atoms. The molecule has 0 aliphatic heterocycles. The van der Waals surface area contributed by atoms with Crippen LogP contribution in [0.5, 0.6) is 0 Å². The number of allylic oxidation sites excluding steroid dienone is 13. The molecule has 0 heterocycles. The topological polar surface area (TPSA) is 78.9 Å². The number of rotatable bonds is 65. The lowest BCUT2D eigenvalue weighted by atomic mass is 10.0. The number of ether oxygens (including phenoxy) is 3. The minimum absolute atomic E-state index is 0.101. The molecule has 0 N–H and O–H groups in total. The number of unbranched alkanes of at least 4 members (excludes halogenated alkanes) is 41. The van der Waals surface area contributed by atoms with Crippen molar-refractivity contribution >= 4 is 17.9 Å². The normalized spacial score (nSPS) is 12.6. The van der Waals surface area contributed by atoms with E-state index in [1.165, 1.54) is 244 Å². The molecule has 0 aliphatic carbocycles. The van der Waals surface area contributed by atoms with Gasteiger partial charge in [0.1, 0.15) is 13.2 Å². The summed E-state index contributed by atoms with van der Waals surface area (Å²) >= 11 is 0. The Bertz CT molecular complexity index is 1550. The zero-order valence-electron chi connectivity index (χ0n) is 54.5. The highest BCUT2D eigenvalue weighted by molar-refractivity contribution is 5.72. The maximum Gasteiger partial charge on any atom is 0.309 e. The maximum absolute atomic E-state index is 12.9. The summed E-state index contributed by atoms with van der Waals surface area (Å²) in [5.41, 5.74) is 0. The minimum Gasteiger partial charge on any atom is -0.462 e. The second kappa shape index (κ2) is 70.1. The Morgan fingerprint density at radius 1 is 0.268 bits per heavy atom. The molecule has 0 rings (SSSR count). The second-order valence-corrected chi connectivity index (χ2v) is 23.8. The summed E-state index contributed by atoms with van der Waals surface area (Å²) in [4.78, 5) is 38.3. The zero-order valence-corrected chi connectivity index (χ0v) is 54.5. The van der Waals surface area contributed by atoms with Crippen molar-refractivity contribution in [3.05, 3.63) is 85.1 Å². The van der Waals surface area contributed by atoms with Crippen molar-refractivity contribution < 1.29 is 28.6 Å². The molecule has 0 bridgehead atoms. The molecule has 0 saturated heterocycles. The van der Waals surface area contributed by atoms with E-state index < -0.39 is 12.1 Å². The third-order valence-corrected chi connectivity index (χ3v) is 15.7. The van der Waals surface area contributed by atoms with E-state index in [9.17, 15) is 14.4 Å². The Labute approximate surface area is 509 Å². The van der Waals surface area contributed by atoms with Crippen molar-refractivity contribution in [2.75, 3.05) is 13.2 Å². The molecular weight excluding hydrogens is 1010 g/mol. The lowest BCUT2D eigenvalue weighted by Gasteiger charge is -2.18. The fourth-order valence-electron chi connectivity index (χ4n) is 10.4. The van der Waals surface area contributed by atoms with Gasteiger partial charge in [0.05, 0.1) is 6.42 Å². The summed E-state index contributed by atoms with van der Waals surface area (Å²) in [6.45, 7) is 6.48. The van der Waals surface area contributed by atoms with Crippen LogP contribution in [0.2, 0.25) is 0 Å². The van der Waals surface area contributed by atoms with Crippen molar-refractivity contribution in [2.45, 2.75) is 367 Å². The van der Waals surface area contributed by atoms with Crippen LogP contribution in [-0.4, -0.2) is 37.2 Å². The SMILES string of the molecule is CC/C=C\C/C=C\C/C=C\C/C=C\C/C=C\CC(=O)OCC(COC(=O)CCCCCCCCCCCCCCCCCCCCCCC/C=C\C/C=C\CCCCCCC)OC(=O)CCCCCCCCCCCCCCCCCC. The Morgan fingerprint density at radius 2 is 0.524 bits per heavy atom. The molecule has 474 valence electrons. The van der Waals surface area contributed by atoms with Crippen LogP contribution in [0.4, 0.5) is 0 Å². The number of hydrogen-bond acceptors (Lipinski definition) is 6. The molecule has 0 aromatic rings. The Hall–Kier alpha value is -3.41. The van der Waals surface area contributed by atoms with Gasteiger partial charge >= 0.3 is 17.9 Å². The van der Waals surface area contributed by atoms with Crippen molar-refractivity contribution in [1.29, 1.82) is 0 Å². The molecule has 1 unspecified atom stereocenters. The van der Waals surface area contributed by atoms with Crippen molar-refractivity contribution in [2.24, 2.45) is 0 Å². The van der Waals surface area contributed by atoms with E-state index in [0.29, 0.717) is 12.8 Å². The minimum atomic E-state index is -0.814. The summed E-state index contributed by atoms with van der Waals surface area (Å²) in [5, 5.41) is 0. The number of hydrogen-bond donors (Lipinski definition) is 0. The van der Waals surface area contributed by atoms with Crippen molar-refractivity contribution in [1.82, 2.24) is 0 Å². The van der Waals surface area contributed by atoms with Gasteiger partial charge in [0.2, 0.25) is 0 Å². The largest absolute Gasteiger partial charge is 0.462 e. The Morgan fingerprint density at radius 3 is 0.854 bits per heavy atom. The van der Waals surface area contributed by atoms with Crippen LogP contribution >= 0.6 is 0 Å². The quantitative estimate of drug-likeness (QED) is 0.0261. The third-order valence-electron chi connectivity index (χ3n) is 15.7. The number of carbonyl (C=O) groups is 3. The van der Waals surface area contributed by atoms with Gasteiger partial charge in [-0.1, -0.05) is 350 Å². The predicted molar refractivity (Wildman–Crippen MR) is 358 cm³/mol. The summed E-state index contributed by atoms with van der Waals surface area (Å²) in [6.07, 6.45) is 93.7. The summed E-state index contributed by atoms with van der Waals surface area (Å²) in [7, 11) is 0. The summed E-state index contributed by atoms with van der Waals surface area (Å²) in [5.74, 6) is -1.02. The van der Waals surface area contributed by atoms with Gasteiger partial charge in [-0.25, -0.2) is 0 Å². The predicted octanol–water partition coefficient (Wildman–Crippen LogP) is 24.6. The Balaban J connectivity index is 4.20. The van der Waals surface area contributed by atoms with Crippen molar-refractivity contribution in [3.8, 4) is 0 Å². The van der Waals surface area contributed by atoms with Crippen LogP contribution < -0.4 is 0 Å². The first-order valence-corrected chi connectivity index (χ1v) is 35.6. The monoisotopic (exact) mass is 1140 g/mol. The van der Waals surface area contributed by atoms with E-state index in [2.05, 4.69) is 93.7 Å². The molecular formula is C76H134O6. The van der Waals surface area contributed by atoms with E-state index in [-0.39, 0.29) is 31.6 Å². The summed E-state index contributed by atoms with van der Waals surface area (Å²) in [6, 6.07) is 0. The molecule has 6 heteroatoms. The van der Waals surface area contributed by atoms with Gasteiger partial charge in [-0.3, -0.25) is 14.4 Å². The van der Waals surface area contributed by atoms with Crippen LogP contribution in [-0.2, 0) is 28.6 Å². The van der Waals surface area contributed by atoms with Gasteiger partial charge in [-0.15, -0.1) is 0 Å². The van der Waals surface area contributed by atoms with Gasteiger partial charge in [-0.05, 0) is 77.0 Å². The Kier molecular flexibility index (Phi) is 67.2. The van der Waals surface area contributed by atoms with Gasteiger partial charge in [0.15, 0.2) is 6.10 Å². The number of esters is 3. The van der Waals surface area contributed by atoms with E-state index in [4.69, 9.17) is 14.2 Å². The van der Waals surface area contributed by atoms with Gasteiger partial charge < -0.3 is 14.2 Å². The summed E-state index contributed by atoms with van der Waals surface area (Å²) < 4.78 is 16.9. The molecule has 0 aliphatic rings. The molecule has 6 nitrogen and oxygen atoms in total. The van der Waals surface area contributed by atoms with Crippen LogP contribution in [0.3, 0.4) is 0 Å². The second-order valence-electron chi connectivity index (χ2n) is 23.8. The lowest BCUT2D eigenvalue weighted by Crippen LogP contribution is -2.30. The van der Waals surface area contributed by atoms with E-state index in [0.717, 1.165) is 77.0 Å². The van der Waals surface area contributed by atoms with E-state index in [1.807, 2.05) is 12.2 Å². The average molecular weight is 1140 g/mol. The highest BCUT2D eigenvalue weighted by Crippen LogP contribution is 2.18. The molecule has 0 aromatic carbocycles. The lowest BCUT2D eigenvalue weighted by molar-refractivity contribution is -0.166. The first kappa shape index (κ1) is 78.6. The van der Waals surface area contributed by atoms with Gasteiger partial charge in [-0.2, -0.15) is 0 Å². The molecule has 0 amide bonds. The molecule has 0 saturated carbocycles. The first-order valence-electron chi connectivity index (χ1n) is 35.6. The third kappa shape index (κ3) is 67.4. The highest BCUT2D eigenvalue weighted by atomic mass is 16.6. The first-order chi connectivity index (χ1) is 40.5. The van der Waals surface area contributed by atoms with Gasteiger partial charge in [0, 0.05) is 12.8 Å². The zero-order chi connectivity index (χ0) is 59.2. The van der Waals surface area contributed by atoms with Crippen LogP contribution in [0, 0.1) is 0 Å². The average Bonchev–Trinajstić information content (AvgIpc) is 3.47. The maximum atomic E-state index is 12.9. The number of carbonyl (C=O) groups excluding carboxylic acids is 3. The fraction of sp³-hybridized carbons (Fsp3) is 0.776. The van der Waals surface area contributed by atoms with E-state index >= 15 is 0 Å². The molecule has 0 radical (unpaired) electrons. The molecule has 82 heavy (non-hydrogen) atoms. The van der Waals surface area contributed by atoms with Crippen LogP contribution in [0.15, 0.2) is 85.1 Å². The smallest absolute Gasteiger partial charge is 0.309 e. The van der Waals surface area contributed by atoms with Crippen LogP contribution in [0.1, 0.15) is 361 Å². The van der Waals surface area contributed by atoms with Crippen LogP contribution in [0.25, 0.3) is 0 Å². The van der Waals surface area contributed by atoms with Crippen molar-refractivity contribution in [3.63, 3.8) is 0 Å². The van der Waals surface area contributed by atoms with E-state index in [1.54, 1.807) is 0 Å².